The van der Waals surface area contributed by atoms with Gasteiger partial charge in [-0.1, -0.05) is 30.3 Å². The highest BCUT2D eigenvalue weighted by Crippen LogP contribution is 2.30. The number of ether oxygens (including phenoxy) is 2. The summed E-state index contributed by atoms with van der Waals surface area (Å²) in [5, 5.41) is 0. The molecule has 7 heteroatoms. The van der Waals surface area contributed by atoms with Crippen LogP contribution < -0.4 is 0 Å². The van der Waals surface area contributed by atoms with Crippen LogP contribution in [0.4, 0.5) is 4.79 Å². The number of nitrogens with zero attached hydrogens (tertiary/aromatic N) is 1. The molecule has 1 fully saturated rings. The van der Waals surface area contributed by atoms with Crippen molar-refractivity contribution in [2.45, 2.75) is 38.8 Å². The van der Waals surface area contributed by atoms with E-state index >= 15 is 0 Å². The average Bonchev–Trinajstić information content (AvgIpc) is 2.90. The molecule has 1 aliphatic rings. The Hall–Kier alpha value is -2.70. The van der Waals surface area contributed by atoms with Gasteiger partial charge < -0.3 is 9.47 Å². The van der Waals surface area contributed by atoms with Crippen LogP contribution in [0.5, 0.6) is 0 Å². The van der Waals surface area contributed by atoms with E-state index in [1.807, 2.05) is 0 Å². The highest BCUT2D eigenvalue weighted by molar-refractivity contribution is 6.15. The Morgan fingerprint density at radius 1 is 1.12 bits per heavy atom. The molecule has 0 saturated carbocycles. The van der Waals surface area contributed by atoms with Gasteiger partial charge in [0.25, 0.3) is 0 Å². The van der Waals surface area contributed by atoms with Gasteiger partial charge in [-0.15, -0.1) is 0 Å². The van der Waals surface area contributed by atoms with Crippen LogP contribution in [-0.4, -0.2) is 47.4 Å². The van der Waals surface area contributed by atoms with E-state index in [2.05, 4.69) is 4.74 Å². The largest absolute Gasteiger partial charge is 0.467 e. The van der Waals surface area contributed by atoms with E-state index in [4.69, 9.17) is 4.74 Å². The molecule has 134 valence electrons. The third-order valence-corrected chi connectivity index (χ3v) is 3.74. The Labute approximate surface area is 145 Å². The zero-order valence-corrected chi connectivity index (χ0v) is 14.6. The molecule has 2 rings (SSSR count). The van der Waals surface area contributed by atoms with Crippen LogP contribution >= 0.6 is 0 Å². The molecule has 0 spiro atoms. The van der Waals surface area contributed by atoms with Crippen LogP contribution in [0, 0.1) is 5.92 Å². The summed E-state index contributed by atoms with van der Waals surface area (Å²) in [5.74, 6) is -3.08. The maximum Gasteiger partial charge on any atom is 0.417 e. The van der Waals surface area contributed by atoms with E-state index in [0.29, 0.717) is 10.5 Å². The summed E-state index contributed by atoms with van der Waals surface area (Å²) < 4.78 is 9.87. The van der Waals surface area contributed by atoms with Crippen LogP contribution in [0.25, 0.3) is 0 Å². The van der Waals surface area contributed by atoms with Gasteiger partial charge in [-0.2, -0.15) is 0 Å². The third kappa shape index (κ3) is 4.04. The average molecular weight is 347 g/mol. The molecular weight excluding hydrogens is 326 g/mol. The molecule has 2 amide bonds. The predicted molar refractivity (Wildman–Crippen MR) is 87.8 cm³/mol. The molecule has 1 heterocycles. The SMILES string of the molecule is COC(=O)[C@@H]1CC(C(=O)c2ccccc2)C(=O)N1C(=O)OC(C)(C)C. The second-order valence-electron chi connectivity index (χ2n) is 6.75. The highest BCUT2D eigenvalue weighted by Gasteiger charge is 2.51. The quantitative estimate of drug-likeness (QED) is 0.473. The van der Waals surface area contributed by atoms with Crippen molar-refractivity contribution in [1.82, 2.24) is 4.90 Å². The first kappa shape index (κ1) is 18.6. The minimum Gasteiger partial charge on any atom is -0.467 e. The zero-order chi connectivity index (χ0) is 18.8. The van der Waals surface area contributed by atoms with Gasteiger partial charge in [0.1, 0.15) is 17.6 Å². The van der Waals surface area contributed by atoms with Crippen molar-refractivity contribution >= 4 is 23.8 Å². The van der Waals surface area contributed by atoms with Crippen molar-refractivity contribution in [1.29, 1.82) is 0 Å². The van der Waals surface area contributed by atoms with Gasteiger partial charge in [-0.25, -0.2) is 14.5 Å². The number of imide groups is 1. The predicted octanol–water partition coefficient (Wildman–Crippen LogP) is 2.19. The second-order valence-corrected chi connectivity index (χ2v) is 6.75. The maximum absolute atomic E-state index is 12.7. The molecular formula is C18H21NO6. The van der Waals surface area contributed by atoms with E-state index in [-0.39, 0.29) is 6.42 Å². The molecule has 1 unspecified atom stereocenters. The molecule has 1 saturated heterocycles. The fraction of sp³-hybridized carbons (Fsp3) is 0.444. The molecule has 0 radical (unpaired) electrons. The molecule has 0 aliphatic carbocycles. The number of amides is 2. The number of esters is 1. The Balaban J connectivity index is 2.31. The lowest BCUT2D eigenvalue weighted by Crippen LogP contribution is -2.46. The standard InChI is InChI=1S/C18H21NO6/c1-18(2,3)25-17(23)19-13(16(22)24-4)10-12(15(19)21)14(20)11-8-6-5-7-9-11/h5-9,12-13H,10H2,1-4H3/t12?,13-/m0/s1. The number of carbonyl (C=O) groups is 4. The van der Waals surface area contributed by atoms with Crippen molar-refractivity contribution in [3.63, 3.8) is 0 Å². The zero-order valence-electron chi connectivity index (χ0n) is 14.6. The van der Waals surface area contributed by atoms with E-state index in [1.165, 1.54) is 0 Å². The lowest BCUT2D eigenvalue weighted by atomic mass is 9.94. The molecule has 0 N–H and O–H groups in total. The summed E-state index contributed by atoms with van der Waals surface area (Å²) in [5.41, 5.74) is -0.505. The van der Waals surface area contributed by atoms with Gasteiger partial charge in [0.2, 0.25) is 5.91 Å². The van der Waals surface area contributed by atoms with Crippen LogP contribution in [-0.2, 0) is 19.1 Å². The molecule has 0 bridgehead atoms. The fourth-order valence-corrected chi connectivity index (χ4v) is 2.64. The van der Waals surface area contributed by atoms with Crippen molar-refractivity contribution < 1.29 is 28.7 Å². The van der Waals surface area contributed by atoms with Crippen molar-refractivity contribution in [3.05, 3.63) is 35.9 Å². The van der Waals surface area contributed by atoms with E-state index in [0.717, 1.165) is 7.11 Å². The van der Waals surface area contributed by atoms with Crippen molar-refractivity contribution in [3.8, 4) is 0 Å². The Morgan fingerprint density at radius 2 is 1.72 bits per heavy atom. The van der Waals surface area contributed by atoms with Crippen molar-refractivity contribution in [2.75, 3.05) is 7.11 Å². The summed E-state index contributed by atoms with van der Waals surface area (Å²) in [6.45, 7) is 4.93. The van der Waals surface area contributed by atoms with Gasteiger partial charge in [-0.05, 0) is 27.2 Å². The second kappa shape index (κ2) is 7.04. The summed E-state index contributed by atoms with van der Waals surface area (Å²) in [6.07, 6.45) is -1.09. The Morgan fingerprint density at radius 3 is 2.24 bits per heavy atom. The molecule has 0 aromatic heterocycles. The number of rotatable bonds is 3. The first-order valence-corrected chi connectivity index (χ1v) is 7.89. The third-order valence-electron chi connectivity index (χ3n) is 3.74. The number of methoxy groups -OCH3 is 1. The van der Waals surface area contributed by atoms with Gasteiger partial charge in [-0.3, -0.25) is 9.59 Å². The van der Waals surface area contributed by atoms with Crippen LogP contribution in [0.1, 0.15) is 37.6 Å². The monoisotopic (exact) mass is 347 g/mol. The molecule has 2 atom stereocenters. The van der Waals surface area contributed by atoms with Crippen LogP contribution in [0.2, 0.25) is 0 Å². The van der Waals surface area contributed by atoms with Crippen LogP contribution in [0.3, 0.4) is 0 Å². The first-order valence-electron chi connectivity index (χ1n) is 7.89. The lowest BCUT2D eigenvalue weighted by molar-refractivity contribution is -0.148. The Kier molecular flexibility index (Phi) is 5.25. The smallest absolute Gasteiger partial charge is 0.417 e. The number of likely N-dealkylation sites (tertiary alicyclic amines) is 1. The minimum atomic E-state index is -1.18. The normalized spacial score (nSPS) is 20.3. The molecule has 7 nitrogen and oxygen atoms in total. The summed E-state index contributed by atoms with van der Waals surface area (Å²) in [7, 11) is 1.16. The number of hydrogen-bond donors (Lipinski definition) is 0. The maximum atomic E-state index is 12.7. The number of Topliss-reactive ketones (excluding diaryl/α,β-unsaturated/α-hetero) is 1. The fourth-order valence-electron chi connectivity index (χ4n) is 2.64. The van der Waals surface area contributed by atoms with Gasteiger partial charge in [0, 0.05) is 5.56 Å². The molecule has 1 aromatic rings. The Bertz CT molecular complexity index is 691. The van der Waals surface area contributed by atoms with Crippen LogP contribution in [0.15, 0.2) is 30.3 Å². The number of carbonyl (C=O) groups excluding carboxylic acids is 4. The minimum absolute atomic E-state index is 0.127. The van der Waals surface area contributed by atoms with Gasteiger partial charge in [0.15, 0.2) is 5.78 Å². The van der Waals surface area contributed by atoms with E-state index in [9.17, 15) is 19.2 Å². The first-order chi connectivity index (χ1) is 11.7. The molecule has 1 aliphatic heterocycles. The summed E-state index contributed by atoms with van der Waals surface area (Å²) in [4.78, 5) is 50.4. The highest BCUT2D eigenvalue weighted by atomic mass is 16.6. The molecule has 25 heavy (non-hydrogen) atoms. The van der Waals surface area contributed by atoms with Gasteiger partial charge in [0.05, 0.1) is 7.11 Å². The van der Waals surface area contributed by atoms with E-state index < -0.39 is 41.3 Å². The van der Waals surface area contributed by atoms with E-state index in [1.54, 1.807) is 51.1 Å². The lowest BCUT2D eigenvalue weighted by Gasteiger charge is -2.26. The summed E-state index contributed by atoms with van der Waals surface area (Å²) in [6, 6.07) is 7.09. The van der Waals surface area contributed by atoms with Gasteiger partial charge >= 0.3 is 12.1 Å². The molecule has 1 aromatic carbocycles. The topological polar surface area (TPSA) is 90.0 Å². The summed E-state index contributed by atoms with van der Waals surface area (Å²) >= 11 is 0. The number of hydrogen-bond acceptors (Lipinski definition) is 6. The number of ketones is 1. The number of benzene rings is 1. The van der Waals surface area contributed by atoms with Crippen molar-refractivity contribution in [2.24, 2.45) is 5.92 Å².